The standard InChI is InChI=1S/C23H25N5O4S/c1-5-11-27-20(13-32-22-16(3)7-6-8-17(22)4)25-26-23(27)33-14-21(29)24-19-12-18(28(30)31)10-9-15(19)2/h5-10,12H,1,11,13-14H2,2-4H3,(H,24,29). The molecule has 1 heterocycles. The van der Waals surface area contributed by atoms with Crippen molar-refractivity contribution in [3.05, 3.63) is 81.7 Å². The summed E-state index contributed by atoms with van der Waals surface area (Å²) in [7, 11) is 0. The molecule has 172 valence electrons. The van der Waals surface area contributed by atoms with E-state index in [-0.39, 0.29) is 24.0 Å². The quantitative estimate of drug-likeness (QED) is 0.201. The van der Waals surface area contributed by atoms with E-state index in [0.717, 1.165) is 22.4 Å². The van der Waals surface area contributed by atoms with Crippen molar-refractivity contribution in [1.29, 1.82) is 0 Å². The highest BCUT2D eigenvalue weighted by molar-refractivity contribution is 7.99. The average Bonchev–Trinajstić information content (AvgIpc) is 3.15. The van der Waals surface area contributed by atoms with E-state index in [2.05, 4.69) is 22.1 Å². The Labute approximate surface area is 196 Å². The second-order valence-electron chi connectivity index (χ2n) is 7.40. The maximum atomic E-state index is 12.5. The number of carbonyl (C=O) groups excluding carboxylic acids is 1. The minimum absolute atomic E-state index is 0.0646. The van der Waals surface area contributed by atoms with Crippen LogP contribution in [-0.2, 0) is 17.9 Å². The number of aryl methyl sites for hydroxylation is 3. The topological polar surface area (TPSA) is 112 Å². The van der Waals surface area contributed by atoms with Crippen LogP contribution in [-0.4, -0.2) is 31.3 Å². The van der Waals surface area contributed by atoms with Crippen LogP contribution in [0.5, 0.6) is 5.75 Å². The third-order valence-corrected chi connectivity index (χ3v) is 5.86. The Morgan fingerprint density at radius 3 is 2.61 bits per heavy atom. The van der Waals surface area contributed by atoms with Crippen molar-refractivity contribution in [3.8, 4) is 5.75 Å². The molecule has 1 N–H and O–H groups in total. The van der Waals surface area contributed by atoms with Crippen molar-refractivity contribution in [2.75, 3.05) is 11.1 Å². The molecule has 0 saturated heterocycles. The van der Waals surface area contributed by atoms with E-state index >= 15 is 0 Å². The molecule has 3 rings (SSSR count). The first-order valence-corrected chi connectivity index (χ1v) is 11.2. The molecule has 9 nitrogen and oxygen atoms in total. The summed E-state index contributed by atoms with van der Waals surface area (Å²) in [5.74, 6) is 1.20. The number of hydrogen-bond acceptors (Lipinski definition) is 7. The number of hydrogen-bond donors (Lipinski definition) is 1. The summed E-state index contributed by atoms with van der Waals surface area (Å²) in [5.41, 5.74) is 3.13. The summed E-state index contributed by atoms with van der Waals surface area (Å²) in [6, 6.07) is 10.3. The van der Waals surface area contributed by atoms with Crippen LogP contribution < -0.4 is 10.1 Å². The van der Waals surface area contributed by atoms with Gasteiger partial charge in [0.05, 0.1) is 16.4 Å². The third-order valence-electron chi connectivity index (χ3n) is 4.90. The number of thioether (sulfide) groups is 1. The molecule has 2 aromatic carbocycles. The number of non-ortho nitro benzene ring substituents is 1. The first-order chi connectivity index (χ1) is 15.8. The van der Waals surface area contributed by atoms with Gasteiger partial charge in [-0.3, -0.25) is 19.5 Å². The van der Waals surface area contributed by atoms with E-state index in [4.69, 9.17) is 4.74 Å². The highest BCUT2D eigenvalue weighted by Crippen LogP contribution is 2.25. The van der Waals surface area contributed by atoms with Crippen LogP contribution in [0.1, 0.15) is 22.5 Å². The summed E-state index contributed by atoms with van der Waals surface area (Å²) in [6.07, 6.45) is 1.72. The number of anilines is 1. The Morgan fingerprint density at radius 1 is 1.21 bits per heavy atom. The van der Waals surface area contributed by atoms with Crippen molar-refractivity contribution in [2.24, 2.45) is 0 Å². The molecule has 33 heavy (non-hydrogen) atoms. The number of allylic oxidation sites excluding steroid dienone is 1. The van der Waals surface area contributed by atoms with E-state index in [1.165, 1.54) is 23.9 Å². The molecule has 10 heteroatoms. The van der Waals surface area contributed by atoms with Crippen LogP contribution in [0.3, 0.4) is 0 Å². The molecule has 3 aromatic rings. The van der Waals surface area contributed by atoms with E-state index in [1.807, 2.05) is 36.6 Å². The van der Waals surface area contributed by atoms with Gasteiger partial charge in [-0.05, 0) is 37.5 Å². The number of para-hydroxylation sites is 1. The fraction of sp³-hybridized carbons (Fsp3) is 0.261. The maximum absolute atomic E-state index is 12.5. The Bertz CT molecular complexity index is 1170. The molecular weight excluding hydrogens is 442 g/mol. The van der Waals surface area contributed by atoms with Gasteiger partial charge in [0.1, 0.15) is 12.4 Å². The van der Waals surface area contributed by atoms with Crippen molar-refractivity contribution < 1.29 is 14.5 Å². The van der Waals surface area contributed by atoms with Gasteiger partial charge in [0, 0.05) is 18.7 Å². The number of carbonyl (C=O) groups is 1. The molecule has 0 fully saturated rings. The van der Waals surface area contributed by atoms with Gasteiger partial charge >= 0.3 is 0 Å². The smallest absolute Gasteiger partial charge is 0.271 e. The lowest BCUT2D eigenvalue weighted by Crippen LogP contribution is -2.16. The number of ether oxygens (including phenoxy) is 1. The van der Waals surface area contributed by atoms with Crippen LogP contribution in [0.2, 0.25) is 0 Å². The lowest BCUT2D eigenvalue weighted by Gasteiger charge is -2.13. The monoisotopic (exact) mass is 467 g/mol. The number of nitro benzene ring substituents is 1. The molecule has 0 bridgehead atoms. The number of benzene rings is 2. The molecule has 0 saturated carbocycles. The van der Waals surface area contributed by atoms with Crippen LogP contribution in [0.25, 0.3) is 0 Å². The fourth-order valence-corrected chi connectivity index (χ4v) is 3.95. The second-order valence-corrected chi connectivity index (χ2v) is 8.34. The highest BCUT2D eigenvalue weighted by atomic mass is 32.2. The zero-order valence-corrected chi connectivity index (χ0v) is 19.5. The second kappa shape index (κ2) is 10.8. The average molecular weight is 468 g/mol. The molecule has 0 aliphatic rings. The van der Waals surface area contributed by atoms with Gasteiger partial charge in [0.25, 0.3) is 5.69 Å². The van der Waals surface area contributed by atoms with Crippen molar-refractivity contribution in [1.82, 2.24) is 14.8 Å². The molecule has 1 aromatic heterocycles. The minimum Gasteiger partial charge on any atom is -0.485 e. The van der Waals surface area contributed by atoms with Gasteiger partial charge in [0.15, 0.2) is 11.0 Å². The molecular formula is C23H25N5O4S. The van der Waals surface area contributed by atoms with Crippen molar-refractivity contribution in [3.63, 3.8) is 0 Å². The zero-order valence-electron chi connectivity index (χ0n) is 18.7. The van der Waals surface area contributed by atoms with Crippen molar-refractivity contribution in [2.45, 2.75) is 39.1 Å². The molecule has 0 spiro atoms. The summed E-state index contributed by atoms with van der Waals surface area (Å²) in [4.78, 5) is 23.0. The van der Waals surface area contributed by atoms with Gasteiger partial charge in [-0.25, -0.2) is 0 Å². The third kappa shape index (κ3) is 5.98. The first kappa shape index (κ1) is 24.0. The summed E-state index contributed by atoms with van der Waals surface area (Å²) >= 11 is 1.22. The van der Waals surface area contributed by atoms with Crippen LogP contribution in [0.4, 0.5) is 11.4 Å². The minimum atomic E-state index is -0.496. The Kier molecular flexibility index (Phi) is 7.83. The summed E-state index contributed by atoms with van der Waals surface area (Å²) in [6.45, 7) is 10.2. The predicted molar refractivity (Wildman–Crippen MR) is 128 cm³/mol. The number of nitrogens with one attached hydrogen (secondary N) is 1. The zero-order chi connectivity index (χ0) is 24.0. The van der Waals surface area contributed by atoms with E-state index < -0.39 is 4.92 Å². The number of nitro groups is 1. The Balaban J connectivity index is 1.67. The fourth-order valence-electron chi connectivity index (χ4n) is 3.18. The van der Waals surface area contributed by atoms with Gasteiger partial charge in [-0.2, -0.15) is 0 Å². The number of aromatic nitrogens is 3. The van der Waals surface area contributed by atoms with E-state index in [1.54, 1.807) is 19.1 Å². The molecule has 0 radical (unpaired) electrons. The molecule has 1 amide bonds. The van der Waals surface area contributed by atoms with Gasteiger partial charge in [-0.15, -0.1) is 16.8 Å². The lowest BCUT2D eigenvalue weighted by molar-refractivity contribution is -0.384. The van der Waals surface area contributed by atoms with Crippen LogP contribution in [0, 0.1) is 30.9 Å². The lowest BCUT2D eigenvalue weighted by atomic mass is 10.1. The summed E-state index contributed by atoms with van der Waals surface area (Å²) in [5, 5.41) is 22.7. The SMILES string of the molecule is C=CCn1c(COc2c(C)cccc2C)nnc1SCC(=O)Nc1cc([N+](=O)[O-])ccc1C. The highest BCUT2D eigenvalue weighted by Gasteiger charge is 2.16. The molecule has 0 aliphatic carbocycles. The largest absolute Gasteiger partial charge is 0.485 e. The normalized spacial score (nSPS) is 10.6. The number of amides is 1. The van der Waals surface area contributed by atoms with Crippen molar-refractivity contribution >= 4 is 29.0 Å². The van der Waals surface area contributed by atoms with Gasteiger partial charge in [-0.1, -0.05) is 42.1 Å². The Hall–Kier alpha value is -3.66. The van der Waals surface area contributed by atoms with Crippen LogP contribution in [0.15, 0.2) is 54.2 Å². The number of rotatable bonds is 10. The van der Waals surface area contributed by atoms with Crippen LogP contribution >= 0.6 is 11.8 Å². The first-order valence-electron chi connectivity index (χ1n) is 10.2. The van der Waals surface area contributed by atoms with Gasteiger partial charge < -0.3 is 10.1 Å². The summed E-state index contributed by atoms with van der Waals surface area (Å²) < 4.78 is 7.85. The maximum Gasteiger partial charge on any atom is 0.271 e. The molecule has 0 atom stereocenters. The Morgan fingerprint density at radius 2 is 1.94 bits per heavy atom. The van der Waals surface area contributed by atoms with Gasteiger partial charge in [0.2, 0.25) is 5.91 Å². The molecule has 0 unspecified atom stereocenters. The van der Waals surface area contributed by atoms with E-state index in [9.17, 15) is 14.9 Å². The molecule has 0 aliphatic heterocycles. The number of nitrogens with zero attached hydrogens (tertiary/aromatic N) is 4. The van der Waals surface area contributed by atoms with E-state index in [0.29, 0.717) is 23.2 Å². The predicted octanol–water partition coefficient (Wildman–Crippen LogP) is 4.61.